The van der Waals surface area contributed by atoms with E-state index in [1.54, 1.807) is 0 Å². The molecule has 0 atom stereocenters. The molecule has 4 nitrogen and oxygen atoms in total. The number of amides is 1. The summed E-state index contributed by atoms with van der Waals surface area (Å²) in [5, 5.41) is 12.2. The Hall–Kier alpha value is -0.870. The van der Waals surface area contributed by atoms with E-state index in [0.29, 0.717) is 19.5 Å². The molecule has 0 aliphatic carbocycles. The smallest absolute Gasteiger partial charge is 0.220 e. The maximum absolute atomic E-state index is 11.8. The molecule has 0 bridgehead atoms. The van der Waals surface area contributed by atoms with Crippen LogP contribution >= 0.6 is 0 Å². The van der Waals surface area contributed by atoms with Gasteiger partial charge in [-0.25, -0.2) is 0 Å². The Morgan fingerprint density at radius 3 is 2.38 bits per heavy atom. The minimum absolute atomic E-state index is 0.165. The molecule has 1 amide bonds. The van der Waals surface area contributed by atoms with Gasteiger partial charge in [0.1, 0.15) is 0 Å². The zero-order valence-corrected chi connectivity index (χ0v) is 16.1. The van der Waals surface area contributed by atoms with E-state index >= 15 is 0 Å². The van der Waals surface area contributed by atoms with Crippen LogP contribution in [0.25, 0.3) is 0 Å². The van der Waals surface area contributed by atoms with Crippen molar-refractivity contribution in [3.63, 3.8) is 0 Å². The Labute approximate surface area is 149 Å². The Morgan fingerprint density at radius 2 is 1.67 bits per heavy atom. The molecular formula is C20H40N2O2. The predicted octanol–water partition coefficient (Wildman–Crippen LogP) is 3.89. The Bertz CT molecular complexity index is 306. The van der Waals surface area contributed by atoms with Gasteiger partial charge in [0.25, 0.3) is 0 Å². The number of allylic oxidation sites excluding steroid dienone is 2. The van der Waals surface area contributed by atoms with E-state index in [-0.39, 0.29) is 12.5 Å². The summed E-state index contributed by atoms with van der Waals surface area (Å²) in [7, 11) is 0. The topological polar surface area (TPSA) is 52.6 Å². The first-order chi connectivity index (χ1) is 11.7. The highest BCUT2D eigenvalue weighted by Gasteiger charge is 2.05. The lowest BCUT2D eigenvalue weighted by atomic mass is 10.1. The molecule has 142 valence electrons. The van der Waals surface area contributed by atoms with Gasteiger partial charge in [0.05, 0.1) is 6.61 Å². The maximum atomic E-state index is 11.8. The van der Waals surface area contributed by atoms with Crippen molar-refractivity contribution in [3.8, 4) is 0 Å². The molecule has 0 unspecified atom stereocenters. The summed E-state index contributed by atoms with van der Waals surface area (Å²) in [6.45, 7) is 7.73. The lowest BCUT2D eigenvalue weighted by Crippen LogP contribution is -2.36. The first-order valence-corrected chi connectivity index (χ1v) is 9.99. The van der Waals surface area contributed by atoms with Gasteiger partial charge >= 0.3 is 0 Å². The van der Waals surface area contributed by atoms with Gasteiger partial charge in [-0.1, -0.05) is 58.1 Å². The first kappa shape index (κ1) is 23.1. The SMILES string of the molecule is CCC/C=C/CCCN(CCO)CCNC(=O)CCCCCCC. The van der Waals surface area contributed by atoms with Gasteiger partial charge in [-0.15, -0.1) is 0 Å². The maximum Gasteiger partial charge on any atom is 0.220 e. The van der Waals surface area contributed by atoms with E-state index in [0.717, 1.165) is 45.2 Å². The van der Waals surface area contributed by atoms with Crippen molar-refractivity contribution in [1.82, 2.24) is 10.2 Å². The molecule has 0 fully saturated rings. The lowest BCUT2D eigenvalue weighted by molar-refractivity contribution is -0.121. The van der Waals surface area contributed by atoms with Gasteiger partial charge in [0.2, 0.25) is 5.91 Å². The van der Waals surface area contributed by atoms with Crippen LogP contribution in [0.2, 0.25) is 0 Å². The number of nitrogens with one attached hydrogen (secondary N) is 1. The normalized spacial score (nSPS) is 11.5. The quantitative estimate of drug-likeness (QED) is 0.312. The molecule has 0 saturated carbocycles. The minimum Gasteiger partial charge on any atom is -0.395 e. The fourth-order valence-electron chi connectivity index (χ4n) is 2.64. The Balaban J connectivity index is 3.69. The largest absolute Gasteiger partial charge is 0.395 e. The monoisotopic (exact) mass is 340 g/mol. The van der Waals surface area contributed by atoms with E-state index in [1.165, 1.54) is 25.7 Å². The van der Waals surface area contributed by atoms with Gasteiger partial charge in [-0.2, -0.15) is 0 Å². The van der Waals surface area contributed by atoms with E-state index in [1.807, 2.05) is 0 Å². The van der Waals surface area contributed by atoms with Crippen molar-refractivity contribution in [2.24, 2.45) is 0 Å². The van der Waals surface area contributed by atoms with Crippen molar-refractivity contribution < 1.29 is 9.90 Å². The molecule has 0 spiro atoms. The first-order valence-electron chi connectivity index (χ1n) is 9.99. The lowest BCUT2D eigenvalue weighted by Gasteiger charge is -2.21. The summed E-state index contributed by atoms with van der Waals surface area (Å²) < 4.78 is 0. The summed E-state index contributed by atoms with van der Waals surface area (Å²) in [4.78, 5) is 14.0. The molecule has 0 aromatic heterocycles. The van der Waals surface area contributed by atoms with Crippen molar-refractivity contribution in [3.05, 3.63) is 12.2 Å². The summed E-state index contributed by atoms with van der Waals surface area (Å²) in [5.41, 5.74) is 0. The average molecular weight is 341 g/mol. The molecule has 0 aromatic rings. The van der Waals surface area contributed by atoms with Gasteiger partial charge in [0.15, 0.2) is 0 Å². The average Bonchev–Trinajstić information content (AvgIpc) is 2.57. The van der Waals surface area contributed by atoms with Crippen molar-refractivity contribution >= 4 is 5.91 Å². The van der Waals surface area contributed by atoms with Crippen LogP contribution in [-0.2, 0) is 4.79 Å². The van der Waals surface area contributed by atoms with Crippen LogP contribution in [-0.4, -0.2) is 48.7 Å². The molecule has 0 heterocycles. The summed E-state index contributed by atoms with van der Waals surface area (Å²) >= 11 is 0. The second-order valence-corrected chi connectivity index (χ2v) is 6.48. The molecule has 24 heavy (non-hydrogen) atoms. The van der Waals surface area contributed by atoms with Crippen LogP contribution in [0.1, 0.15) is 78.1 Å². The molecule has 0 aliphatic heterocycles. The number of carbonyl (C=O) groups is 1. The third-order valence-electron chi connectivity index (χ3n) is 4.14. The highest BCUT2D eigenvalue weighted by molar-refractivity contribution is 5.75. The summed E-state index contributed by atoms with van der Waals surface area (Å²) in [6, 6.07) is 0. The van der Waals surface area contributed by atoms with Gasteiger partial charge in [0, 0.05) is 26.1 Å². The molecule has 0 aliphatic rings. The zero-order chi connectivity index (χ0) is 17.9. The number of carbonyl (C=O) groups excluding carboxylic acids is 1. The predicted molar refractivity (Wildman–Crippen MR) is 103 cm³/mol. The number of hydrogen-bond donors (Lipinski definition) is 2. The highest BCUT2D eigenvalue weighted by Crippen LogP contribution is 2.04. The fourth-order valence-corrected chi connectivity index (χ4v) is 2.64. The second kappa shape index (κ2) is 18.5. The van der Waals surface area contributed by atoms with E-state index in [9.17, 15) is 4.79 Å². The molecule has 4 heteroatoms. The summed E-state index contributed by atoms with van der Waals surface area (Å²) in [5.74, 6) is 0.165. The van der Waals surface area contributed by atoms with Crippen LogP contribution < -0.4 is 5.32 Å². The number of aliphatic hydroxyl groups excluding tert-OH is 1. The molecule has 0 aromatic carbocycles. The van der Waals surface area contributed by atoms with Crippen LogP contribution in [0.5, 0.6) is 0 Å². The molecule has 0 radical (unpaired) electrons. The van der Waals surface area contributed by atoms with E-state index < -0.39 is 0 Å². The second-order valence-electron chi connectivity index (χ2n) is 6.48. The molecule has 0 rings (SSSR count). The minimum atomic E-state index is 0.165. The van der Waals surface area contributed by atoms with Crippen LogP contribution in [0.15, 0.2) is 12.2 Å². The van der Waals surface area contributed by atoms with Crippen LogP contribution in [0, 0.1) is 0 Å². The Kier molecular flexibility index (Phi) is 17.8. The number of aliphatic hydroxyl groups is 1. The van der Waals surface area contributed by atoms with Gasteiger partial charge in [-0.05, 0) is 32.2 Å². The van der Waals surface area contributed by atoms with Gasteiger partial charge in [-0.3, -0.25) is 9.69 Å². The standard InChI is InChI=1S/C20H40N2O2/c1-3-5-7-9-11-13-16-22(18-19-23)17-15-21-20(24)14-12-10-8-6-4-2/h7,9,23H,3-6,8,10-19H2,1-2H3,(H,21,24)/b9-7+. The Morgan fingerprint density at radius 1 is 0.917 bits per heavy atom. The van der Waals surface area contributed by atoms with Crippen molar-refractivity contribution in [1.29, 1.82) is 0 Å². The van der Waals surface area contributed by atoms with Gasteiger partial charge < -0.3 is 10.4 Å². The van der Waals surface area contributed by atoms with Crippen molar-refractivity contribution in [2.75, 3.05) is 32.8 Å². The number of unbranched alkanes of at least 4 members (excludes halogenated alkanes) is 6. The number of nitrogens with zero attached hydrogens (tertiary/aromatic N) is 1. The third kappa shape index (κ3) is 16.0. The summed E-state index contributed by atoms with van der Waals surface area (Å²) in [6.07, 6.45) is 15.6. The van der Waals surface area contributed by atoms with Crippen molar-refractivity contribution in [2.45, 2.75) is 78.1 Å². The molecular weight excluding hydrogens is 300 g/mol. The molecule has 2 N–H and O–H groups in total. The number of hydrogen-bond acceptors (Lipinski definition) is 3. The molecule has 0 saturated heterocycles. The van der Waals surface area contributed by atoms with E-state index in [2.05, 4.69) is 36.2 Å². The highest BCUT2D eigenvalue weighted by atomic mass is 16.3. The number of rotatable bonds is 17. The van der Waals surface area contributed by atoms with Crippen LogP contribution in [0.3, 0.4) is 0 Å². The zero-order valence-electron chi connectivity index (χ0n) is 16.1. The van der Waals surface area contributed by atoms with E-state index in [4.69, 9.17) is 5.11 Å². The fraction of sp³-hybridized carbons (Fsp3) is 0.850. The van der Waals surface area contributed by atoms with Crippen LogP contribution in [0.4, 0.5) is 0 Å². The third-order valence-corrected chi connectivity index (χ3v) is 4.14.